The van der Waals surface area contributed by atoms with E-state index in [-0.39, 0.29) is 5.38 Å². The topological polar surface area (TPSA) is 18.5 Å². The fourth-order valence-electron chi connectivity index (χ4n) is 2.03. The third-order valence-corrected chi connectivity index (χ3v) is 3.46. The number of ether oxygens (including phenoxy) is 2. The molecule has 0 aliphatic carbocycles. The molecule has 0 spiro atoms. The zero-order valence-corrected chi connectivity index (χ0v) is 10.6. The molecule has 0 amide bonds. The monoisotopic (exact) mass is 260 g/mol. The summed E-state index contributed by atoms with van der Waals surface area (Å²) < 4.78 is 11.1. The summed E-state index contributed by atoms with van der Waals surface area (Å²) in [6.45, 7) is 1.20. The maximum absolute atomic E-state index is 6.48. The van der Waals surface area contributed by atoms with Crippen molar-refractivity contribution in [3.8, 4) is 11.5 Å². The molecular weight excluding hydrogens is 248 g/mol. The number of fused-ring (bicyclic) bond motifs is 1. The van der Waals surface area contributed by atoms with Gasteiger partial charge in [0.1, 0.15) is 13.2 Å². The van der Waals surface area contributed by atoms with Crippen molar-refractivity contribution in [2.75, 3.05) is 13.2 Å². The van der Waals surface area contributed by atoms with Gasteiger partial charge in [0.05, 0.1) is 5.38 Å². The van der Waals surface area contributed by atoms with Gasteiger partial charge in [-0.1, -0.05) is 36.4 Å². The van der Waals surface area contributed by atoms with Crippen molar-refractivity contribution in [2.24, 2.45) is 0 Å². The summed E-state index contributed by atoms with van der Waals surface area (Å²) in [5.74, 6) is 1.57. The maximum atomic E-state index is 6.48. The van der Waals surface area contributed by atoms with Crippen LogP contribution in [0.15, 0.2) is 48.5 Å². The molecule has 1 heterocycles. The Balaban J connectivity index is 1.93. The molecule has 1 unspecified atom stereocenters. The lowest BCUT2D eigenvalue weighted by Gasteiger charge is -2.20. The molecule has 0 N–H and O–H groups in total. The highest BCUT2D eigenvalue weighted by atomic mass is 35.5. The van der Waals surface area contributed by atoms with Gasteiger partial charge < -0.3 is 9.47 Å². The summed E-state index contributed by atoms with van der Waals surface area (Å²) in [6, 6.07) is 15.9. The summed E-state index contributed by atoms with van der Waals surface area (Å²) >= 11 is 6.48. The van der Waals surface area contributed by atoms with Crippen LogP contribution in [0.1, 0.15) is 16.5 Å². The third kappa shape index (κ3) is 2.16. The normalized spacial score (nSPS) is 15.2. The SMILES string of the molecule is ClC(c1ccccc1)c1ccc2c(c1)OCCO2. The molecule has 1 aliphatic rings. The van der Waals surface area contributed by atoms with Gasteiger partial charge in [0.2, 0.25) is 0 Å². The Bertz CT molecular complexity index is 539. The van der Waals surface area contributed by atoms with Crippen LogP contribution in [-0.4, -0.2) is 13.2 Å². The van der Waals surface area contributed by atoms with Crippen molar-refractivity contribution < 1.29 is 9.47 Å². The number of hydrogen-bond acceptors (Lipinski definition) is 2. The van der Waals surface area contributed by atoms with Crippen molar-refractivity contribution in [1.29, 1.82) is 0 Å². The molecule has 2 aromatic carbocycles. The first-order valence-corrected chi connectivity index (χ1v) is 6.37. The number of rotatable bonds is 2. The van der Waals surface area contributed by atoms with E-state index in [4.69, 9.17) is 21.1 Å². The maximum Gasteiger partial charge on any atom is 0.161 e. The second-order valence-corrected chi connectivity index (χ2v) is 4.61. The first kappa shape index (κ1) is 11.4. The molecule has 2 aromatic rings. The lowest BCUT2D eigenvalue weighted by Crippen LogP contribution is -2.15. The number of halogens is 1. The second-order valence-electron chi connectivity index (χ2n) is 4.18. The van der Waals surface area contributed by atoms with Gasteiger partial charge in [-0.3, -0.25) is 0 Å². The van der Waals surface area contributed by atoms with Crippen LogP contribution in [0.4, 0.5) is 0 Å². The molecule has 2 nitrogen and oxygen atoms in total. The molecule has 0 fully saturated rings. The van der Waals surface area contributed by atoms with E-state index in [2.05, 4.69) is 0 Å². The highest BCUT2D eigenvalue weighted by Gasteiger charge is 2.16. The molecule has 3 rings (SSSR count). The molecule has 0 bridgehead atoms. The fourth-order valence-corrected chi connectivity index (χ4v) is 2.31. The van der Waals surface area contributed by atoms with Gasteiger partial charge >= 0.3 is 0 Å². The minimum atomic E-state index is -0.165. The van der Waals surface area contributed by atoms with E-state index in [1.165, 1.54) is 0 Å². The largest absolute Gasteiger partial charge is 0.486 e. The number of alkyl halides is 1. The van der Waals surface area contributed by atoms with Gasteiger partial charge in [0.15, 0.2) is 11.5 Å². The highest BCUT2D eigenvalue weighted by molar-refractivity contribution is 6.22. The molecule has 1 aliphatic heterocycles. The van der Waals surface area contributed by atoms with E-state index in [1.54, 1.807) is 0 Å². The Kier molecular flexibility index (Phi) is 3.11. The highest BCUT2D eigenvalue weighted by Crippen LogP contribution is 2.36. The lowest BCUT2D eigenvalue weighted by atomic mass is 10.0. The van der Waals surface area contributed by atoms with Gasteiger partial charge in [-0.05, 0) is 23.3 Å². The van der Waals surface area contributed by atoms with Crippen LogP contribution in [0.25, 0.3) is 0 Å². The molecule has 3 heteroatoms. The van der Waals surface area contributed by atoms with E-state index in [0.29, 0.717) is 13.2 Å². The molecule has 0 aromatic heterocycles. The Morgan fingerprint density at radius 3 is 2.33 bits per heavy atom. The zero-order valence-electron chi connectivity index (χ0n) is 9.80. The van der Waals surface area contributed by atoms with Crippen LogP contribution in [0.5, 0.6) is 11.5 Å². The Hall–Kier alpha value is -1.67. The Morgan fingerprint density at radius 1 is 0.833 bits per heavy atom. The summed E-state index contributed by atoms with van der Waals surface area (Å²) in [7, 11) is 0. The summed E-state index contributed by atoms with van der Waals surface area (Å²) in [4.78, 5) is 0. The molecule has 0 saturated heterocycles. The average molecular weight is 261 g/mol. The zero-order chi connectivity index (χ0) is 12.4. The standard InChI is InChI=1S/C15H13ClO2/c16-15(11-4-2-1-3-5-11)12-6-7-13-14(10-12)18-9-8-17-13/h1-7,10,15H,8-9H2. The first-order valence-electron chi connectivity index (χ1n) is 5.93. The molecule has 92 valence electrons. The lowest BCUT2D eigenvalue weighted by molar-refractivity contribution is 0.171. The van der Waals surface area contributed by atoms with Gasteiger partial charge in [-0.25, -0.2) is 0 Å². The van der Waals surface area contributed by atoms with E-state index in [0.717, 1.165) is 22.6 Å². The molecular formula is C15H13ClO2. The fraction of sp³-hybridized carbons (Fsp3) is 0.200. The van der Waals surface area contributed by atoms with E-state index in [9.17, 15) is 0 Å². The Labute approximate surface area is 111 Å². The molecule has 1 atom stereocenters. The predicted octanol–water partition coefficient (Wildman–Crippen LogP) is 3.79. The molecule has 0 saturated carbocycles. The van der Waals surface area contributed by atoms with Crippen LogP contribution in [-0.2, 0) is 0 Å². The number of benzene rings is 2. The van der Waals surface area contributed by atoms with Crippen molar-refractivity contribution in [1.82, 2.24) is 0 Å². The smallest absolute Gasteiger partial charge is 0.161 e. The Morgan fingerprint density at radius 2 is 1.56 bits per heavy atom. The summed E-state index contributed by atoms with van der Waals surface area (Å²) in [5, 5.41) is -0.165. The average Bonchev–Trinajstić information content (AvgIpc) is 2.47. The first-order chi connectivity index (χ1) is 8.84. The van der Waals surface area contributed by atoms with Gasteiger partial charge in [-0.15, -0.1) is 11.6 Å². The van der Waals surface area contributed by atoms with E-state index < -0.39 is 0 Å². The van der Waals surface area contributed by atoms with Crippen molar-refractivity contribution in [3.63, 3.8) is 0 Å². The van der Waals surface area contributed by atoms with Crippen LogP contribution in [0.2, 0.25) is 0 Å². The summed E-state index contributed by atoms with van der Waals surface area (Å²) in [5.41, 5.74) is 2.10. The summed E-state index contributed by atoms with van der Waals surface area (Å²) in [6.07, 6.45) is 0. The van der Waals surface area contributed by atoms with Crippen molar-refractivity contribution in [2.45, 2.75) is 5.38 Å². The van der Waals surface area contributed by atoms with Gasteiger partial charge in [-0.2, -0.15) is 0 Å². The van der Waals surface area contributed by atoms with Crippen LogP contribution >= 0.6 is 11.6 Å². The van der Waals surface area contributed by atoms with E-state index >= 15 is 0 Å². The minimum Gasteiger partial charge on any atom is -0.486 e. The third-order valence-electron chi connectivity index (χ3n) is 2.95. The van der Waals surface area contributed by atoms with Crippen LogP contribution < -0.4 is 9.47 Å². The van der Waals surface area contributed by atoms with Gasteiger partial charge in [0, 0.05) is 0 Å². The quantitative estimate of drug-likeness (QED) is 0.765. The van der Waals surface area contributed by atoms with E-state index in [1.807, 2.05) is 48.5 Å². The number of hydrogen-bond donors (Lipinski definition) is 0. The van der Waals surface area contributed by atoms with Crippen LogP contribution in [0, 0.1) is 0 Å². The molecule has 0 radical (unpaired) electrons. The van der Waals surface area contributed by atoms with Crippen LogP contribution in [0.3, 0.4) is 0 Å². The minimum absolute atomic E-state index is 0.165. The second kappa shape index (κ2) is 4.91. The van der Waals surface area contributed by atoms with Crippen molar-refractivity contribution >= 4 is 11.6 Å². The van der Waals surface area contributed by atoms with Gasteiger partial charge in [0.25, 0.3) is 0 Å². The predicted molar refractivity (Wildman–Crippen MR) is 71.6 cm³/mol. The molecule has 18 heavy (non-hydrogen) atoms. The van der Waals surface area contributed by atoms with Crippen molar-refractivity contribution in [3.05, 3.63) is 59.7 Å².